The van der Waals surface area contributed by atoms with Gasteiger partial charge < -0.3 is 15.0 Å². The molecule has 3 rings (SSSR count). The summed E-state index contributed by atoms with van der Waals surface area (Å²) in [6.45, 7) is 4.76. The van der Waals surface area contributed by atoms with Crippen LogP contribution in [-0.2, 0) is 6.54 Å². The zero-order valence-electron chi connectivity index (χ0n) is 18.6. The number of amides is 1. The van der Waals surface area contributed by atoms with E-state index in [2.05, 4.69) is 10.4 Å². The lowest BCUT2D eigenvalue weighted by atomic mass is 10.0. The number of benzene rings is 2. The minimum Gasteiger partial charge on any atom is -0.496 e. The molecule has 0 radical (unpaired) electrons. The minimum atomic E-state index is -0.237. The quantitative estimate of drug-likeness (QED) is 0.569. The molecular weight excluding hydrogens is 412 g/mol. The second kappa shape index (κ2) is 9.98. The molecular formula is C24H29ClN4O2. The van der Waals surface area contributed by atoms with Crippen LogP contribution in [0.2, 0.25) is 5.15 Å². The van der Waals surface area contributed by atoms with Gasteiger partial charge in [0.05, 0.1) is 31.0 Å². The van der Waals surface area contributed by atoms with Gasteiger partial charge in [-0.1, -0.05) is 59.6 Å². The Labute approximate surface area is 188 Å². The Kier molecular flexibility index (Phi) is 7.36. The van der Waals surface area contributed by atoms with Crippen molar-refractivity contribution in [3.05, 3.63) is 81.6 Å². The van der Waals surface area contributed by atoms with Crippen molar-refractivity contribution in [2.75, 3.05) is 27.7 Å². The predicted molar refractivity (Wildman–Crippen MR) is 124 cm³/mol. The lowest BCUT2D eigenvalue weighted by molar-refractivity contribution is 0.0941. The van der Waals surface area contributed by atoms with Gasteiger partial charge in [0.2, 0.25) is 0 Å². The van der Waals surface area contributed by atoms with Crippen LogP contribution < -0.4 is 10.1 Å². The van der Waals surface area contributed by atoms with E-state index in [4.69, 9.17) is 16.3 Å². The van der Waals surface area contributed by atoms with Gasteiger partial charge in [-0.15, -0.1) is 0 Å². The standard InChI is InChI=1S/C24H29ClN4O2/c1-16-10-12-18(13-11-16)15-29-23(25)22(17(2)27-29)24(30)26-14-20(28(3)4)19-8-6-7-9-21(19)31-5/h6-13,20H,14-15H2,1-5H3,(H,26,30)/t20-/m0/s1. The molecule has 7 heteroatoms. The number of hydrogen-bond donors (Lipinski definition) is 1. The van der Waals surface area contributed by atoms with E-state index in [1.54, 1.807) is 18.7 Å². The number of likely N-dealkylation sites (N-methyl/N-ethyl adjacent to an activating group) is 1. The van der Waals surface area contributed by atoms with Crippen molar-refractivity contribution in [3.63, 3.8) is 0 Å². The fraction of sp³-hybridized carbons (Fsp3) is 0.333. The number of halogens is 1. The molecule has 3 aromatic rings. The van der Waals surface area contributed by atoms with Crippen molar-refractivity contribution in [2.24, 2.45) is 0 Å². The Hall–Kier alpha value is -2.83. The average Bonchev–Trinajstić information content (AvgIpc) is 3.02. The highest BCUT2D eigenvalue weighted by molar-refractivity contribution is 6.33. The molecule has 0 unspecified atom stereocenters. The van der Waals surface area contributed by atoms with Crippen molar-refractivity contribution < 1.29 is 9.53 Å². The van der Waals surface area contributed by atoms with Gasteiger partial charge >= 0.3 is 0 Å². The summed E-state index contributed by atoms with van der Waals surface area (Å²) in [7, 11) is 5.60. The minimum absolute atomic E-state index is 0.0539. The Morgan fingerprint density at radius 3 is 2.48 bits per heavy atom. The smallest absolute Gasteiger partial charge is 0.256 e. The lowest BCUT2D eigenvalue weighted by Gasteiger charge is -2.26. The molecule has 1 atom stereocenters. The summed E-state index contributed by atoms with van der Waals surface area (Å²) in [4.78, 5) is 15.1. The Balaban J connectivity index is 1.76. The Morgan fingerprint density at radius 2 is 1.84 bits per heavy atom. The van der Waals surface area contributed by atoms with Crippen molar-refractivity contribution in [2.45, 2.75) is 26.4 Å². The number of aryl methyl sites for hydroxylation is 2. The Bertz CT molecular complexity index is 1040. The number of aromatic nitrogens is 2. The van der Waals surface area contributed by atoms with E-state index in [9.17, 15) is 4.79 Å². The summed E-state index contributed by atoms with van der Waals surface area (Å²) in [5.41, 5.74) is 4.29. The average molecular weight is 441 g/mol. The van der Waals surface area contributed by atoms with Gasteiger partial charge in [-0.2, -0.15) is 5.10 Å². The van der Waals surface area contributed by atoms with Crippen LogP contribution in [0.5, 0.6) is 5.75 Å². The first kappa shape index (κ1) is 22.8. The molecule has 0 saturated heterocycles. The van der Waals surface area contributed by atoms with E-state index in [0.717, 1.165) is 16.9 Å². The summed E-state index contributed by atoms with van der Waals surface area (Å²) in [5.74, 6) is 0.551. The molecule has 0 fully saturated rings. The number of para-hydroxylation sites is 1. The number of rotatable bonds is 8. The van der Waals surface area contributed by atoms with Crippen LogP contribution in [0.15, 0.2) is 48.5 Å². The zero-order valence-corrected chi connectivity index (χ0v) is 19.4. The number of hydrogen-bond acceptors (Lipinski definition) is 4. The van der Waals surface area contributed by atoms with Gasteiger partial charge in [0.1, 0.15) is 10.9 Å². The monoisotopic (exact) mass is 440 g/mol. The van der Waals surface area contributed by atoms with Crippen LogP contribution in [0.25, 0.3) is 0 Å². The lowest BCUT2D eigenvalue weighted by Crippen LogP contribution is -2.35. The highest BCUT2D eigenvalue weighted by atomic mass is 35.5. The summed E-state index contributed by atoms with van der Waals surface area (Å²) < 4.78 is 7.17. The SMILES string of the molecule is COc1ccccc1[C@H](CNC(=O)c1c(C)nn(Cc2ccc(C)cc2)c1Cl)N(C)C. The summed E-state index contributed by atoms with van der Waals surface area (Å²) in [6.07, 6.45) is 0. The second-order valence-corrected chi connectivity index (χ2v) is 8.18. The zero-order chi connectivity index (χ0) is 22.5. The van der Waals surface area contributed by atoms with Gasteiger partial charge in [0, 0.05) is 12.1 Å². The van der Waals surface area contributed by atoms with E-state index in [1.165, 1.54) is 5.56 Å². The number of nitrogens with one attached hydrogen (secondary N) is 1. The molecule has 0 saturated carbocycles. The summed E-state index contributed by atoms with van der Waals surface area (Å²) in [5, 5.41) is 7.85. The highest BCUT2D eigenvalue weighted by Crippen LogP contribution is 2.28. The molecule has 0 bridgehead atoms. The van der Waals surface area contributed by atoms with Crippen LogP contribution in [0.3, 0.4) is 0 Å². The molecule has 0 spiro atoms. The number of ether oxygens (including phenoxy) is 1. The second-order valence-electron chi connectivity index (χ2n) is 7.83. The van der Waals surface area contributed by atoms with Crippen molar-refractivity contribution in [1.29, 1.82) is 0 Å². The molecule has 1 N–H and O–H groups in total. The van der Waals surface area contributed by atoms with Crippen LogP contribution in [0, 0.1) is 13.8 Å². The van der Waals surface area contributed by atoms with Crippen molar-refractivity contribution >= 4 is 17.5 Å². The van der Waals surface area contributed by atoms with Crippen molar-refractivity contribution in [3.8, 4) is 5.75 Å². The first-order chi connectivity index (χ1) is 14.8. The van der Waals surface area contributed by atoms with E-state index < -0.39 is 0 Å². The van der Waals surface area contributed by atoms with E-state index in [1.807, 2.05) is 74.4 Å². The molecule has 0 aliphatic carbocycles. The Morgan fingerprint density at radius 1 is 1.16 bits per heavy atom. The number of carbonyl (C=O) groups excluding carboxylic acids is 1. The maximum atomic E-state index is 13.0. The number of nitrogens with zero attached hydrogens (tertiary/aromatic N) is 3. The molecule has 31 heavy (non-hydrogen) atoms. The first-order valence-electron chi connectivity index (χ1n) is 10.2. The normalized spacial score (nSPS) is 12.1. The van der Waals surface area contributed by atoms with E-state index in [-0.39, 0.29) is 11.9 Å². The maximum absolute atomic E-state index is 13.0. The largest absolute Gasteiger partial charge is 0.496 e. The third kappa shape index (κ3) is 5.27. The van der Waals surface area contributed by atoms with E-state index >= 15 is 0 Å². The van der Waals surface area contributed by atoms with Gasteiger partial charge in [-0.3, -0.25) is 4.79 Å². The van der Waals surface area contributed by atoms with Gasteiger partial charge in [0.25, 0.3) is 5.91 Å². The third-order valence-corrected chi connectivity index (χ3v) is 5.71. The third-order valence-electron chi connectivity index (χ3n) is 5.32. The maximum Gasteiger partial charge on any atom is 0.256 e. The van der Waals surface area contributed by atoms with Crippen LogP contribution >= 0.6 is 11.6 Å². The molecule has 1 aromatic heterocycles. The van der Waals surface area contributed by atoms with Gasteiger partial charge in [-0.25, -0.2) is 4.68 Å². The van der Waals surface area contributed by atoms with Crippen LogP contribution in [-0.4, -0.2) is 48.3 Å². The molecule has 0 aliphatic heterocycles. The molecule has 6 nitrogen and oxygen atoms in total. The molecule has 1 amide bonds. The molecule has 0 aliphatic rings. The van der Waals surface area contributed by atoms with Crippen molar-refractivity contribution in [1.82, 2.24) is 20.0 Å². The fourth-order valence-electron chi connectivity index (χ4n) is 3.57. The van der Waals surface area contributed by atoms with Crippen LogP contribution in [0.1, 0.15) is 38.8 Å². The van der Waals surface area contributed by atoms with Gasteiger partial charge in [0.15, 0.2) is 0 Å². The molecule has 2 aromatic carbocycles. The number of carbonyl (C=O) groups is 1. The van der Waals surface area contributed by atoms with E-state index in [0.29, 0.717) is 29.5 Å². The molecule has 164 valence electrons. The predicted octanol–water partition coefficient (Wildman–Crippen LogP) is 4.24. The summed E-state index contributed by atoms with van der Waals surface area (Å²) in [6, 6.07) is 15.9. The number of methoxy groups -OCH3 is 1. The van der Waals surface area contributed by atoms with Gasteiger partial charge in [-0.05, 0) is 39.6 Å². The molecule has 1 heterocycles. The topological polar surface area (TPSA) is 59.4 Å². The first-order valence-corrected chi connectivity index (χ1v) is 10.6. The highest BCUT2D eigenvalue weighted by Gasteiger charge is 2.23. The fourth-order valence-corrected chi connectivity index (χ4v) is 3.89. The van der Waals surface area contributed by atoms with Crippen LogP contribution in [0.4, 0.5) is 0 Å². The summed E-state index contributed by atoms with van der Waals surface area (Å²) >= 11 is 6.56.